The lowest BCUT2D eigenvalue weighted by Crippen LogP contribution is -2.26. The van der Waals surface area contributed by atoms with E-state index in [2.05, 4.69) is 5.16 Å². The summed E-state index contributed by atoms with van der Waals surface area (Å²) in [6.07, 6.45) is 0. The Labute approximate surface area is 141 Å². The van der Waals surface area contributed by atoms with E-state index in [-0.39, 0.29) is 17.2 Å². The van der Waals surface area contributed by atoms with E-state index >= 15 is 0 Å². The first-order chi connectivity index (χ1) is 12.0. The Kier molecular flexibility index (Phi) is 4.25. The van der Waals surface area contributed by atoms with Gasteiger partial charge in [-0.05, 0) is 36.4 Å². The minimum absolute atomic E-state index is 0.0652. The Bertz CT molecular complexity index is 920. The van der Waals surface area contributed by atoms with E-state index in [0.717, 1.165) is 0 Å². The van der Waals surface area contributed by atoms with E-state index in [1.54, 1.807) is 0 Å². The van der Waals surface area contributed by atoms with Gasteiger partial charge in [0.25, 0.3) is 11.6 Å². The van der Waals surface area contributed by atoms with Gasteiger partial charge in [0.15, 0.2) is 11.5 Å². The van der Waals surface area contributed by atoms with E-state index in [0.29, 0.717) is 17.0 Å². The van der Waals surface area contributed by atoms with Crippen LogP contribution in [0.25, 0.3) is 11.3 Å². The van der Waals surface area contributed by atoms with Crippen molar-refractivity contribution in [3.05, 3.63) is 76.2 Å². The first-order valence-corrected chi connectivity index (χ1v) is 7.21. The van der Waals surface area contributed by atoms with Crippen molar-refractivity contribution in [1.82, 2.24) is 5.16 Å². The average Bonchev–Trinajstić information content (AvgIpc) is 3.11. The monoisotopic (exact) mass is 341 g/mol. The molecule has 7 nitrogen and oxygen atoms in total. The maximum atomic E-state index is 13.0. The molecule has 0 saturated carbocycles. The molecule has 0 unspecified atom stereocenters. The van der Waals surface area contributed by atoms with Crippen molar-refractivity contribution in [2.75, 3.05) is 11.9 Å². The van der Waals surface area contributed by atoms with E-state index in [1.165, 1.54) is 66.5 Å². The second kappa shape index (κ2) is 6.52. The van der Waals surface area contributed by atoms with Gasteiger partial charge in [-0.25, -0.2) is 4.39 Å². The lowest BCUT2D eigenvalue weighted by atomic mass is 10.1. The second-order valence-corrected chi connectivity index (χ2v) is 5.22. The number of nitro benzene ring substituents is 1. The van der Waals surface area contributed by atoms with Gasteiger partial charge in [-0.15, -0.1) is 0 Å². The molecular weight excluding hydrogens is 329 g/mol. The molecule has 0 atom stereocenters. The van der Waals surface area contributed by atoms with Gasteiger partial charge in [0.1, 0.15) is 5.82 Å². The van der Waals surface area contributed by atoms with Gasteiger partial charge in [-0.2, -0.15) is 0 Å². The van der Waals surface area contributed by atoms with E-state index < -0.39 is 10.8 Å². The highest BCUT2D eigenvalue weighted by Gasteiger charge is 2.19. The molecule has 1 aromatic heterocycles. The van der Waals surface area contributed by atoms with Crippen LogP contribution in [0.3, 0.4) is 0 Å². The van der Waals surface area contributed by atoms with Crippen molar-refractivity contribution in [3.63, 3.8) is 0 Å². The van der Waals surface area contributed by atoms with Gasteiger partial charge in [-0.1, -0.05) is 5.16 Å². The molecule has 0 aliphatic heterocycles. The van der Waals surface area contributed by atoms with Crippen LogP contribution in [0.2, 0.25) is 0 Å². The topological polar surface area (TPSA) is 89.5 Å². The van der Waals surface area contributed by atoms with E-state index in [4.69, 9.17) is 4.52 Å². The minimum Gasteiger partial charge on any atom is -0.355 e. The number of rotatable bonds is 4. The van der Waals surface area contributed by atoms with Gasteiger partial charge in [0, 0.05) is 36.5 Å². The quantitative estimate of drug-likeness (QED) is 0.533. The zero-order chi connectivity index (χ0) is 18.0. The number of non-ortho nitro benzene ring substituents is 1. The standard InChI is InChI=1S/C17H12FN3O4/c1-20(13-6-8-14(9-7-13)21(23)24)17(22)15-10-16(25-19-15)11-2-4-12(18)5-3-11/h2-10H,1H3. The lowest BCUT2D eigenvalue weighted by Gasteiger charge is -2.15. The zero-order valence-electron chi connectivity index (χ0n) is 13.0. The summed E-state index contributed by atoms with van der Waals surface area (Å²) < 4.78 is 18.1. The highest BCUT2D eigenvalue weighted by molar-refractivity contribution is 6.04. The third-order valence-corrected chi connectivity index (χ3v) is 3.61. The third-order valence-electron chi connectivity index (χ3n) is 3.61. The molecule has 0 aliphatic carbocycles. The zero-order valence-corrected chi connectivity index (χ0v) is 13.0. The van der Waals surface area contributed by atoms with Crippen LogP contribution in [0.15, 0.2) is 59.1 Å². The molecule has 0 fully saturated rings. The molecule has 0 saturated heterocycles. The van der Waals surface area contributed by atoms with Gasteiger partial charge in [0.2, 0.25) is 0 Å². The molecule has 3 aromatic rings. The number of halogens is 1. The number of carbonyl (C=O) groups excluding carboxylic acids is 1. The van der Waals surface area contributed by atoms with Crippen LogP contribution in [-0.2, 0) is 0 Å². The SMILES string of the molecule is CN(C(=O)c1cc(-c2ccc(F)cc2)on1)c1ccc([N+](=O)[O-])cc1. The highest BCUT2D eigenvalue weighted by atomic mass is 19.1. The maximum Gasteiger partial charge on any atom is 0.280 e. The Hall–Kier alpha value is -3.55. The van der Waals surface area contributed by atoms with Crippen molar-refractivity contribution >= 4 is 17.3 Å². The summed E-state index contributed by atoms with van der Waals surface area (Å²) in [6, 6.07) is 12.6. The first kappa shape index (κ1) is 16.3. The first-order valence-electron chi connectivity index (χ1n) is 7.21. The van der Waals surface area contributed by atoms with Crippen LogP contribution in [-0.4, -0.2) is 23.0 Å². The Morgan fingerprint density at radius 3 is 2.40 bits per heavy atom. The number of amides is 1. The predicted molar refractivity (Wildman–Crippen MR) is 87.7 cm³/mol. The predicted octanol–water partition coefficient (Wildman–Crippen LogP) is 3.67. The molecule has 1 heterocycles. The number of carbonyl (C=O) groups is 1. The fourth-order valence-electron chi connectivity index (χ4n) is 2.21. The molecule has 0 spiro atoms. The molecule has 3 rings (SSSR count). The number of anilines is 1. The third kappa shape index (κ3) is 3.37. The fourth-order valence-corrected chi connectivity index (χ4v) is 2.21. The van der Waals surface area contributed by atoms with Crippen molar-refractivity contribution in [1.29, 1.82) is 0 Å². The molecule has 25 heavy (non-hydrogen) atoms. The van der Waals surface area contributed by atoms with Gasteiger partial charge in [-0.3, -0.25) is 14.9 Å². The summed E-state index contributed by atoms with van der Waals surface area (Å²) in [4.78, 5) is 23.9. The summed E-state index contributed by atoms with van der Waals surface area (Å²) in [7, 11) is 1.52. The summed E-state index contributed by atoms with van der Waals surface area (Å²) >= 11 is 0. The number of hydrogen-bond acceptors (Lipinski definition) is 5. The molecule has 2 aromatic carbocycles. The van der Waals surface area contributed by atoms with Crippen molar-refractivity contribution in [3.8, 4) is 11.3 Å². The van der Waals surface area contributed by atoms with Crippen molar-refractivity contribution in [2.24, 2.45) is 0 Å². The fraction of sp³-hybridized carbons (Fsp3) is 0.0588. The molecule has 8 heteroatoms. The molecule has 1 amide bonds. The number of aromatic nitrogens is 1. The minimum atomic E-state index is -0.516. The van der Waals surface area contributed by atoms with Crippen LogP contribution in [0.4, 0.5) is 15.8 Å². The van der Waals surface area contributed by atoms with Crippen LogP contribution in [0.5, 0.6) is 0 Å². The largest absolute Gasteiger partial charge is 0.355 e. The Morgan fingerprint density at radius 1 is 1.16 bits per heavy atom. The maximum absolute atomic E-state index is 13.0. The van der Waals surface area contributed by atoms with Gasteiger partial charge >= 0.3 is 0 Å². The number of nitro groups is 1. The van der Waals surface area contributed by atoms with Crippen molar-refractivity contribution < 1.29 is 18.6 Å². The summed E-state index contributed by atoms with van der Waals surface area (Å²) in [5, 5.41) is 14.4. The molecular formula is C17H12FN3O4. The molecule has 0 aliphatic rings. The Morgan fingerprint density at radius 2 is 1.80 bits per heavy atom. The van der Waals surface area contributed by atoms with Crippen LogP contribution < -0.4 is 4.90 Å². The second-order valence-electron chi connectivity index (χ2n) is 5.22. The number of hydrogen-bond donors (Lipinski definition) is 0. The molecule has 0 N–H and O–H groups in total. The average molecular weight is 341 g/mol. The normalized spacial score (nSPS) is 10.5. The van der Waals surface area contributed by atoms with Crippen LogP contribution in [0, 0.1) is 15.9 Å². The van der Waals surface area contributed by atoms with Gasteiger partial charge in [0.05, 0.1) is 4.92 Å². The number of benzene rings is 2. The molecule has 0 bridgehead atoms. The van der Waals surface area contributed by atoms with Crippen LogP contribution >= 0.6 is 0 Å². The molecule has 126 valence electrons. The summed E-state index contributed by atoms with van der Waals surface area (Å²) in [5.41, 5.74) is 1.07. The Balaban J connectivity index is 1.80. The summed E-state index contributed by atoms with van der Waals surface area (Å²) in [6.45, 7) is 0. The van der Waals surface area contributed by atoms with Crippen LogP contribution in [0.1, 0.15) is 10.5 Å². The van der Waals surface area contributed by atoms with E-state index in [9.17, 15) is 19.3 Å². The summed E-state index contributed by atoms with van der Waals surface area (Å²) in [5.74, 6) is -0.483. The molecule has 0 radical (unpaired) electrons. The lowest BCUT2D eigenvalue weighted by molar-refractivity contribution is -0.384. The highest BCUT2D eigenvalue weighted by Crippen LogP contribution is 2.23. The van der Waals surface area contributed by atoms with Crippen molar-refractivity contribution in [2.45, 2.75) is 0 Å². The smallest absolute Gasteiger partial charge is 0.280 e. The van der Waals surface area contributed by atoms with Gasteiger partial charge < -0.3 is 9.42 Å². The van der Waals surface area contributed by atoms with E-state index in [1.807, 2.05) is 0 Å². The number of nitrogens with zero attached hydrogens (tertiary/aromatic N) is 3.